The van der Waals surface area contributed by atoms with E-state index < -0.39 is 12.2 Å². The van der Waals surface area contributed by atoms with Gasteiger partial charge >= 0.3 is 0 Å². The van der Waals surface area contributed by atoms with Crippen LogP contribution in [0.3, 0.4) is 0 Å². The van der Waals surface area contributed by atoms with Gasteiger partial charge < -0.3 is 19.7 Å². The maximum Gasteiger partial charge on any atom is 0.109 e. The van der Waals surface area contributed by atoms with E-state index in [0.29, 0.717) is 42.9 Å². The van der Waals surface area contributed by atoms with Gasteiger partial charge in [-0.2, -0.15) is 0 Å². The van der Waals surface area contributed by atoms with Gasteiger partial charge in [0.15, 0.2) is 0 Å². The fraction of sp³-hybridized carbons (Fsp3) is 0.500. The van der Waals surface area contributed by atoms with Gasteiger partial charge in [0, 0.05) is 42.8 Å². The van der Waals surface area contributed by atoms with Gasteiger partial charge in [-0.3, -0.25) is 9.80 Å². The maximum absolute atomic E-state index is 10.9. The first kappa shape index (κ1) is 23.9. The molecular weight excluding hydrogens is 451 g/mol. The van der Waals surface area contributed by atoms with Crippen LogP contribution in [0, 0.1) is 0 Å². The molecular formula is C24H30Cl2N2O4. The number of aliphatic hydroxyl groups excluding tert-OH is 2. The minimum atomic E-state index is -0.748. The van der Waals surface area contributed by atoms with E-state index in [9.17, 15) is 10.2 Å². The van der Waals surface area contributed by atoms with Crippen LogP contribution in [0.2, 0.25) is 10.0 Å². The van der Waals surface area contributed by atoms with Gasteiger partial charge in [-0.15, -0.1) is 0 Å². The van der Waals surface area contributed by atoms with Crippen molar-refractivity contribution in [3.63, 3.8) is 0 Å². The number of nitrogens with zero attached hydrogens (tertiary/aromatic N) is 2. The summed E-state index contributed by atoms with van der Waals surface area (Å²) in [4.78, 5) is 4.51. The molecule has 0 aliphatic carbocycles. The minimum absolute atomic E-state index is 0.197. The third kappa shape index (κ3) is 6.01. The Morgan fingerprint density at radius 2 is 1.53 bits per heavy atom. The average Bonchev–Trinajstić information content (AvgIpc) is 3.09. The Bertz CT molecular complexity index is 833. The summed E-state index contributed by atoms with van der Waals surface area (Å²) in [6.07, 6.45) is -1.59. The molecule has 32 heavy (non-hydrogen) atoms. The van der Waals surface area contributed by atoms with Crippen molar-refractivity contribution < 1.29 is 19.7 Å². The molecule has 2 aromatic carbocycles. The predicted octanol–water partition coefficient (Wildman–Crippen LogP) is 2.82. The van der Waals surface area contributed by atoms with E-state index in [4.69, 9.17) is 32.7 Å². The Hall–Kier alpha value is -1.22. The number of morpholine rings is 1. The summed E-state index contributed by atoms with van der Waals surface area (Å²) in [6, 6.07) is 15.5. The largest absolute Gasteiger partial charge is 0.394 e. The molecule has 1 unspecified atom stereocenters. The number of rotatable bonds is 8. The lowest BCUT2D eigenvalue weighted by Gasteiger charge is -2.37. The highest BCUT2D eigenvalue weighted by molar-refractivity contribution is 6.30. The van der Waals surface area contributed by atoms with Crippen LogP contribution in [0.4, 0.5) is 0 Å². The fourth-order valence-corrected chi connectivity index (χ4v) is 5.11. The van der Waals surface area contributed by atoms with Crippen LogP contribution in [0.5, 0.6) is 0 Å². The summed E-state index contributed by atoms with van der Waals surface area (Å²) in [7, 11) is 0. The highest BCUT2D eigenvalue weighted by Crippen LogP contribution is 2.28. The Balaban J connectivity index is 1.56. The summed E-state index contributed by atoms with van der Waals surface area (Å²) in [5, 5.41) is 22.1. The second kappa shape index (κ2) is 11.3. The minimum Gasteiger partial charge on any atom is -0.394 e. The SMILES string of the molecule is OC[C@@H]1O[C@H](CN(Cc2cccc(Cl)c2)Cc2cccc(Cl)c2)C(N2CCOCC2)[C@@H]1O. The van der Waals surface area contributed by atoms with Crippen molar-refractivity contribution in [2.45, 2.75) is 37.4 Å². The van der Waals surface area contributed by atoms with Crippen LogP contribution < -0.4 is 0 Å². The highest BCUT2D eigenvalue weighted by atomic mass is 35.5. The second-order valence-corrected chi connectivity index (χ2v) is 9.33. The molecule has 0 bridgehead atoms. The van der Waals surface area contributed by atoms with Crippen molar-refractivity contribution in [2.75, 3.05) is 39.5 Å². The van der Waals surface area contributed by atoms with Crippen molar-refractivity contribution in [1.82, 2.24) is 9.80 Å². The number of aliphatic hydroxyl groups is 2. The van der Waals surface area contributed by atoms with E-state index in [1.807, 2.05) is 36.4 Å². The van der Waals surface area contributed by atoms with Gasteiger partial charge in [-0.05, 0) is 35.4 Å². The van der Waals surface area contributed by atoms with Crippen LogP contribution in [0.15, 0.2) is 48.5 Å². The van der Waals surface area contributed by atoms with Crippen molar-refractivity contribution >= 4 is 23.2 Å². The summed E-state index contributed by atoms with van der Waals surface area (Å²) < 4.78 is 11.7. The Labute approximate surface area is 199 Å². The molecule has 4 rings (SSSR count). The zero-order valence-corrected chi connectivity index (χ0v) is 19.5. The van der Waals surface area contributed by atoms with Crippen LogP contribution in [-0.2, 0) is 22.6 Å². The van der Waals surface area contributed by atoms with Crippen molar-refractivity contribution in [3.8, 4) is 0 Å². The summed E-state index contributed by atoms with van der Waals surface area (Å²) in [5.41, 5.74) is 2.19. The van der Waals surface area contributed by atoms with Gasteiger partial charge in [0.05, 0.1) is 32.0 Å². The van der Waals surface area contributed by atoms with Gasteiger partial charge in [-0.1, -0.05) is 47.5 Å². The molecule has 2 aliphatic heterocycles. The number of hydrogen-bond donors (Lipinski definition) is 2. The lowest BCUT2D eigenvalue weighted by molar-refractivity contribution is -0.0373. The third-order valence-electron chi connectivity index (χ3n) is 6.14. The van der Waals surface area contributed by atoms with E-state index >= 15 is 0 Å². The molecule has 0 radical (unpaired) electrons. The van der Waals surface area contributed by atoms with Crippen molar-refractivity contribution in [3.05, 3.63) is 69.7 Å². The fourth-order valence-electron chi connectivity index (χ4n) is 4.68. The molecule has 174 valence electrons. The van der Waals surface area contributed by atoms with E-state index in [2.05, 4.69) is 21.9 Å². The third-order valence-corrected chi connectivity index (χ3v) is 6.61. The molecule has 2 N–H and O–H groups in total. The number of halogens is 2. The highest BCUT2D eigenvalue weighted by Gasteiger charge is 2.46. The number of ether oxygens (including phenoxy) is 2. The maximum atomic E-state index is 10.9. The Morgan fingerprint density at radius 1 is 0.938 bits per heavy atom. The van der Waals surface area contributed by atoms with E-state index in [-0.39, 0.29) is 18.8 Å². The van der Waals surface area contributed by atoms with Crippen LogP contribution in [0.1, 0.15) is 11.1 Å². The molecule has 2 aliphatic rings. The Kier molecular flexibility index (Phi) is 8.43. The predicted molar refractivity (Wildman–Crippen MR) is 125 cm³/mol. The van der Waals surface area contributed by atoms with Crippen molar-refractivity contribution in [1.29, 1.82) is 0 Å². The standard InChI is InChI=1S/C24H30Cl2N2O4/c25-19-5-1-3-17(11-19)13-27(14-18-4-2-6-20(26)12-18)15-21-23(24(30)22(16-29)32-21)28-7-9-31-10-8-28/h1-6,11-12,21-24,29-30H,7-10,13-16H2/t21-,22+,23?,24-/m1/s1. The molecule has 2 fully saturated rings. The first-order chi connectivity index (χ1) is 15.5. The molecule has 2 aromatic rings. The molecule has 2 saturated heterocycles. The van der Waals surface area contributed by atoms with Crippen molar-refractivity contribution in [2.24, 2.45) is 0 Å². The molecule has 0 saturated carbocycles. The molecule has 8 heteroatoms. The average molecular weight is 481 g/mol. The quantitative estimate of drug-likeness (QED) is 0.605. The first-order valence-corrected chi connectivity index (χ1v) is 11.8. The monoisotopic (exact) mass is 480 g/mol. The Morgan fingerprint density at radius 3 is 2.06 bits per heavy atom. The van der Waals surface area contributed by atoms with Gasteiger partial charge in [0.1, 0.15) is 12.2 Å². The summed E-state index contributed by atoms with van der Waals surface area (Å²) >= 11 is 12.4. The zero-order valence-electron chi connectivity index (χ0n) is 17.9. The van der Waals surface area contributed by atoms with Crippen LogP contribution in [-0.4, -0.2) is 83.8 Å². The van der Waals surface area contributed by atoms with Crippen LogP contribution in [0.25, 0.3) is 0 Å². The molecule has 0 aromatic heterocycles. The van der Waals surface area contributed by atoms with Gasteiger partial charge in [0.25, 0.3) is 0 Å². The lowest BCUT2D eigenvalue weighted by Crippen LogP contribution is -2.54. The molecule has 2 heterocycles. The second-order valence-electron chi connectivity index (χ2n) is 8.45. The summed E-state index contributed by atoms with van der Waals surface area (Å²) in [6.45, 7) is 4.47. The molecule has 0 amide bonds. The molecule has 0 spiro atoms. The van der Waals surface area contributed by atoms with E-state index in [0.717, 1.165) is 24.2 Å². The van der Waals surface area contributed by atoms with Crippen LogP contribution >= 0.6 is 23.2 Å². The smallest absolute Gasteiger partial charge is 0.109 e. The number of benzene rings is 2. The zero-order chi connectivity index (χ0) is 22.5. The lowest BCUT2D eigenvalue weighted by atomic mass is 10.0. The van der Waals surface area contributed by atoms with Gasteiger partial charge in [0.2, 0.25) is 0 Å². The van der Waals surface area contributed by atoms with E-state index in [1.54, 1.807) is 0 Å². The topological polar surface area (TPSA) is 65.4 Å². The summed E-state index contributed by atoms with van der Waals surface area (Å²) in [5.74, 6) is 0. The first-order valence-electron chi connectivity index (χ1n) is 11.0. The molecule has 4 atom stereocenters. The molecule has 6 nitrogen and oxygen atoms in total. The normalized spacial score (nSPS) is 26.7. The number of hydrogen-bond acceptors (Lipinski definition) is 6. The van der Waals surface area contributed by atoms with Gasteiger partial charge in [-0.25, -0.2) is 0 Å². The van der Waals surface area contributed by atoms with E-state index in [1.165, 1.54) is 0 Å².